The summed E-state index contributed by atoms with van der Waals surface area (Å²) in [7, 11) is 0. The minimum Gasteiger partial charge on any atom is -0.447 e. The Balaban J connectivity index is 3.69. The topological polar surface area (TPSA) is 129 Å². The largest absolute Gasteiger partial charge is 0.447 e. The van der Waals surface area contributed by atoms with Crippen molar-refractivity contribution in [2.45, 2.75) is 52.4 Å². The molecule has 0 unspecified atom stereocenters. The van der Waals surface area contributed by atoms with Gasteiger partial charge in [0, 0.05) is 0 Å². The molecule has 0 aliphatic rings. The van der Waals surface area contributed by atoms with Gasteiger partial charge in [0.2, 0.25) is 0 Å². The van der Waals surface area contributed by atoms with E-state index in [2.05, 4.69) is 19.1 Å². The highest BCUT2D eigenvalue weighted by molar-refractivity contribution is 5.79. The van der Waals surface area contributed by atoms with Crippen LogP contribution in [0.25, 0.3) is 0 Å². The fourth-order valence-corrected chi connectivity index (χ4v) is 1.18. The standard InChI is InChI=1S/C14H24N2O8/c1-3-5-9-21-13(19)15-23-11(17)7-8-12(18)24-16-14(20)22-10-6-4-2/h3-10H2,1-2H3,(H,15,19)(H,16,20). The summed E-state index contributed by atoms with van der Waals surface area (Å²) >= 11 is 0. The van der Waals surface area contributed by atoms with E-state index in [1.165, 1.54) is 0 Å². The van der Waals surface area contributed by atoms with Crippen LogP contribution in [0.15, 0.2) is 0 Å². The predicted molar refractivity (Wildman–Crippen MR) is 80.2 cm³/mol. The number of carbonyl (C=O) groups excluding carboxylic acids is 4. The van der Waals surface area contributed by atoms with Crippen LogP contribution in [0.5, 0.6) is 0 Å². The molecule has 24 heavy (non-hydrogen) atoms. The zero-order chi connectivity index (χ0) is 18.2. The fraction of sp³-hybridized carbons (Fsp3) is 0.714. The number of nitrogens with one attached hydrogen (secondary N) is 2. The van der Waals surface area contributed by atoms with Crippen LogP contribution in [-0.4, -0.2) is 37.3 Å². The molecule has 0 heterocycles. The van der Waals surface area contributed by atoms with Gasteiger partial charge in [-0.15, -0.1) is 11.0 Å². The number of hydrogen-bond acceptors (Lipinski definition) is 8. The lowest BCUT2D eigenvalue weighted by atomic mass is 10.3. The van der Waals surface area contributed by atoms with Crippen LogP contribution in [0.1, 0.15) is 52.4 Å². The van der Waals surface area contributed by atoms with E-state index >= 15 is 0 Å². The van der Waals surface area contributed by atoms with Gasteiger partial charge in [0.15, 0.2) is 0 Å². The third-order valence-electron chi connectivity index (χ3n) is 2.49. The number of amides is 2. The SMILES string of the molecule is CCCCOC(=O)NOC(=O)CCC(=O)ONC(=O)OCCCC. The summed E-state index contributed by atoms with van der Waals surface area (Å²) in [4.78, 5) is 53.5. The second-order valence-corrected chi connectivity index (χ2v) is 4.63. The second kappa shape index (κ2) is 14.1. The molecule has 0 aliphatic heterocycles. The third-order valence-corrected chi connectivity index (χ3v) is 2.49. The molecule has 0 aliphatic carbocycles. The number of carbonyl (C=O) groups is 4. The molecule has 0 radical (unpaired) electrons. The van der Waals surface area contributed by atoms with Crippen LogP contribution in [0, 0.1) is 0 Å². The molecule has 0 bridgehead atoms. The summed E-state index contributed by atoms with van der Waals surface area (Å²) in [5.74, 6) is -1.71. The van der Waals surface area contributed by atoms with Gasteiger partial charge in [-0.3, -0.25) is 0 Å². The monoisotopic (exact) mass is 348 g/mol. The first-order valence-electron chi connectivity index (χ1n) is 7.74. The van der Waals surface area contributed by atoms with Crippen LogP contribution >= 0.6 is 0 Å². The summed E-state index contributed by atoms with van der Waals surface area (Å²) in [5, 5.41) is 0. The van der Waals surface area contributed by atoms with Crippen molar-refractivity contribution in [1.82, 2.24) is 11.0 Å². The van der Waals surface area contributed by atoms with Crippen molar-refractivity contribution in [2.75, 3.05) is 13.2 Å². The van der Waals surface area contributed by atoms with Crippen molar-refractivity contribution in [3.8, 4) is 0 Å². The molecular weight excluding hydrogens is 324 g/mol. The van der Waals surface area contributed by atoms with Crippen LogP contribution < -0.4 is 11.0 Å². The molecule has 0 aromatic heterocycles. The summed E-state index contributed by atoms with van der Waals surface area (Å²) in [6, 6.07) is 0. The normalized spacial score (nSPS) is 9.58. The number of rotatable bonds is 9. The van der Waals surface area contributed by atoms with Gasteiger partial charge in [-0.1, -0.05) is 26.7 Å². The van der Waals surface area contributed by atoms with E-state index in [-0.39, 0.29) is 26.1 Å². The van der Waals surface area contributed by atoms with Gasteiger partial charge in [-0.25, -0.2) is 19.2 Å². The number of hydrogen-bond donors (Lipinski definition) is 2. The van der Waals surface area contributed by atoms with Gasteiger partial charge < -0.3 is 19.1 Å². The van der Waals surface area contributed by atoms with Crippen molar-refractivity contribution in [3.63, 3.8) is 0 Å². The molecule has 0 fully saturated rings. The van der Waals surface area contributed by atoms with E-state index in [0.717, 1.165) is 12.8 Å². The zero-order valence-corrected chi connectivity index (χ0v) is 13.9. The molecule has 0 atom stereocenters. The highest BCUT2D eigenvalue weighted by Crippen LogP contribution is 1.95. The van der Waals surface area contributed by atoms with E-state index in [1.807, 2.05) is 13.8 Å². The maximum atomic E-state index is 11.3. The third kappa shape index (κ3) is 13.2. The minimum absolute atomic E-state index is 0.215. The Bertz CT molecular complexity index is 376. The van der Waals surface area contributed by atoms with E-state index in [9.17, 15) is 19.2 Å². The van der Waals surface area contributed by atoms with E-state index in [4.69, 9.17) is 0 Å². The smallest absolute Gasteiger partial charge is 0.440 e. The predicted octanol–water partition coefficient (Wildman–Crippen LogP) is 1.74. The Morgan fingerprint density at radius 2 is 1.08 bits per heavy atom. The highest BCUT2D eigenvalue weighted by Gasteiger charge is 2.13. The van der Waals surface area contributed by atoms with Crippen molar-refractivity contribution >= 4 is 24.1 Å². The van der Waals surface area contributed by atoms with Crippen LogP contribution in [0.4, 0.5) is 9.59 Å². The van der Waals surface area contributed by atoms with Crippen LogP contribution in [0.3, 0.4) is 0 Å². The molecule has 10 nitrogen and oxygen atoms in total. The zero-order valence-electron chi connectivity index (χ0n) is 13.9. The maximum Gasteiger partial charge on any atom is 0.440 e. The summed E-state index contributed by atoms with van der Waals surface area (Å²) in [6.07, 6.45) is 0.625. The maximum absolute atomic E-state index is 11.3. The van der Waals surface area contributed by atoms with E-state index in [0.29, 0.717) is 12.8 Å². The molecule has 2 amide bonds. The molecule has 10 heteroatoms. The number of hydroxylamine groups is 2. The van der Waals surface area contributed by atoms with Gasteiger partial charge >= 0.3 is 24.1 Å². The Kier molecular flexibility index (Phi) is 12.6. The second-order valence-electron chi connectivity index (χ2n) is 4.63. The minimum atomic E-state index is -0.893. The molecule has 0 rings (SSSR count). The van der Waals surface area contributed by atoms with Gasteiger partial charge in [0.1, 0.15) is 0 Å². The molecule has 0 aromatic carbocycles. The molecule has 0 saturated heterocycles. The first kappa shape index (κ1) is 21.5. The van der Waals surface area contributed by atoms with Gasteiger partial charge in [-0.2, -0.15) is 0 Å². The average molecular weight is 348 g/mol. The average Bonchev–Trinajstić information content (AvgIpc) is 2.56. The van der Waals surface area contributed by atoms with Gasteiger partial charge in [-0.05, 0) is 12.8 Å². The molecule has 0 saturated carbocycles. The van der Waals surface area contributed by atoms with E-state index < -0.39 is 24.1 Å². The van der Waals surface area contributed by atoms with Crippen LogP contribution in [0.2, 0.25) is 0 Å². The lowest BCUT2D eigenvalue weighted by Gasteiger charge is -2.07. The lowest BCUT2D eigenvalue weighted by Crippen LogP contribution is -2.30. The quantitative estimate of drug-likeness (QED) is 0.366. The molecular formula is C14H24N2O8. The Morgan fingerprint density at radius 1 is 0.708 bits per heavy atom. The van der Waals surface area contributed by atoms with Gasteiger partial charge in [0.25, 0.3) is 0 Å². The first-order chi connectivity index (χ1) is 11.5. The highest BCUT2D eigenvalue weighted by atomic mass is 16.7. The lowest BCUT2D eigenvalue weighted by molar-refractivity contribution is -0.156. The fourth-order valence-electron chi connectivity index (χ4n) is 1.18. The summed E-state index contributed by atoms with van der Waals surface area (Å²) < 4.78 is 9.37. The Labute approximate surface area is 140 Å². The van der Waals surface area contributed by atoms with E-state index in [1.54, 1.807) is 11.0 Å². The van der Waals surface area contributed by atoms with Crippen molar-refractivity contribution in [3.05, 3.63) is 0 Å². The Hall–Kier alpha value is -2.52. The molecule has 0 spiro atoms. The molecule has 138 valence electrons. The van der Waals surface area contributed by atoms with Crippen molar-refractivity contribution < 1.29 is 38.3 Å². The van der Waals surface area contributed by atoms with Crippen molar-refractivity contribution in [2.24, 2.45) is 0 Å². The summed E-state index contributed by atoms with van der Waals surface area (Å²) in [5.41, 5.74) is 3.58. The van der Waals surface area contributed by atoms with Crippen molar-refractivity contribution in [1.29, 1.82) is 0 Å². The molecule has 0 aromatic rings. The van der Waals surface area contributed by atoms with Gasteiger partial charge in [0.05, 0.1) is 26.1 Å². The van der Waals surface area contributed by atoms with Crippen LogP contribution in [-0.2, 0) is 28.7 Å². The Morgan fingerprint density at radius 3 is 1.42 bits per heavy atom. The number of ether oxygens (including phenoxy) is 2. The summed E-state index contributed by atoms with van der Waals surface area (Å²) in [6.45, 7) is 4.29. The number of unbranched alkanes of at least 4 members (excludes halogenated alkanes) is 2. The molecule has 2 N–H and O–H groups in total. The first-order valence-corrected chi connectivity index (χ1v) is 7.74.